The number of aliphatic hydroxyl groups excluding tert-OH is 1. The molecule has 2 aromatic rings. The van der Waals surface area contributed by atoms with Gasteiger partial charge in [-0.1, -0.05) is 54.8 Å². The number of thiocarbonyl (C=S) groups is 1. The third-order valence-corrected chi connectivity index (χ3v) is 7.18. The number of thioether (sulfide) groups is 1. The van der Waals surface area contributed by atoms with Gasteiger partial charge in [0.25, 0.3) is 5.91 Å². The van der Waals surface area contributed by atoms with Crippen molar-refractivity contribution in [3.63, 3.8) is 0 Å². The minimum atomic E-state index is -0.0190. The maximum absolute atomic E-state index is 13.1. The number of benzene rings is 1. The molecule has 1 aromatic heterocycles. The van der Waals surface area contributed by atoms with Crippen LogP contribution in [0.2, 0.25) is 5.02 Å². The number of halogens is 1. The van der Waals surface area contributed by atoms with Crippen molar-refractivity contribution < 1.29 is 14.3 Å². The number of aliphatic hydroxyl groups is 1. The minimum Gasteiger partial charge on any atom is -0.456 e. The molecular formula is C23H24ClNO3S2. The van der Waals surface area contributed by atoms with E-state index in [9.17, 15) is 9.90 Å². The number of hydrogen-bond donors (Lipinski definition) is 1. The lowest BCUT2D eigenvalue weighted by Gasteiger charge is -2.29. The Hall–Kier alpha value is -1.60. The van der Waals surface area contributed by atoms with E-state index >= 15 is 0 Å². The highest BCUT2D eigenvalue weighted by Gasteiger charge is 2.37. The van der Waals surface area contributed by atoms with E-state index in [1.807, 2.05) is 36.4 Å². The molecule has 2 aliphatic rings. The summed E-state index contributed by atoms with van der Waals surface area (Å²) in [5.74, 6) is 1.35. The Labute approximate surface area is 191 Å². The van der Waals surface area contributed by atoms with E-state index in [2.05, 4.69) is 0 Å². The van der Waals surface area contributed by atoms with Gasteiger partial charge in [0.05, 0.1) is 4.91 Å². The van der Waals surface area contributed by atoms with Crippen LogP contribution in [-0.2, 0) is 11.2 Å². The predicted molar refractivity (Wildman–Crippen MR) is 126 cm³/mol. The van der Waals surface area contributed by atoms with Crippen molar-refractivity contribution in [2.45, 2.75) is 51.0 Å². The van der Waals surface area contributed by atoms with Gasteiger partial charge >= 0.3 is 0 Å². The summed E-state index contributed by atoms with van der Waals surface area (Å²) in [6, 6.07) is 9.65. The fourth-order valence-electron chi connectivity index (χ4n) is 4.04. The smallest absolute Gasteiger partial charge is 0.266 e. The van der Waals surface area contributed by atoms with Crippen LogP contribution in [0.15, 0.2) is 39.7 Å². The first-order valence-electron chi connectivity index (χ1n) is 10.3. The molecule has 7 heteroatoms. The van der Waals surface area contributed by atoms with Crippen LogP contribution in [0.1, 0.15) is 49.8 Å². The summed E-state index contributed by atoms with van der Waals surface area (Å²) in [6.45, 7) is 0.102. The Morgan fingerprint density at radius 2 is 1.97 bits per heavy atom. The summed E-state index contributed by atoms with van der Waals surface area (Å²) in [6.07, 6.45) is 8.67. The first kappa shape index (κ1) is 21.6. The fraction of sp³-hybridized carbons (Fsp3) is 0.391. The van der Waals surface area contributed by atoms with Crippen LogP contribution < -0.4 is 0 Å². The molecule has 0 radical (unpaired) electrons. The van der Waals surface area contributed by atoms with Gasteiger partial charge in [-0.2, -0.15) is 0 Å². The van der Waals surface area contributed by atoms with Gasteiger partial charge in [0.2, 0.25) is 0 Å². The van der Waals surface area contributed by atoms with Gasteiger partial charge in [0.1, 0.15) is 15.8 Å². The second-order valence-electron chi connectivity index (χ2n) is 7.68. The van der Waals surface area contributed by atoms with Crippen molar-refractivity contribution in [2.75, 3.05) is 6.61 Å². The van der Waals surface area contributed by atoms with Crippen LogP contribution in [-0.4, -0.2) is 32.9 Å². The van der Waals surface area contributed by atoms with Gasteiger partial charge in [-0.15, -0.1) is 0 Å². The molecule has 1 saturated heterocycles. The van der Waals surface area contributed by atoms with Crippen LogP contribution in [0.4, 0.5) is 0 Å². The zero-order valence-corrected chi connectivity index (χ0v) is 19.0. The molecule has 0 spiro atoms. The maximum atomic E-state index is 13.1. The van der Waals surface area contributed by atoms with Gasteiger partial charge in [0.15, 0.2) is 0 Å². The number of carbonyl (C=O) groups is 1. The molecule has 0 atom stereocenters. The minimum absolute atomic E-state index is 0.0190. The maximum Gasteiger partial charge on any atom is 0.266 e. The summed E-state index contributed by atoms with van der Waals surface area (Å²) >= 11 is 12.9. The van der Waals surface area contributed by atoms with Crippen molar-refractivity contribution in [3.05, 3.63) is 51.6 Å². The molecule has 1 amide bonds. The first-order valence-corrected chi connectivity index (χ1v) is 11.9. The van der Waals surface area contributed by atoms with Gasteiger partial charge in [-0.05, 0) is 61.6 Å². The highest BCUT2D eigenvalue weighted by Crippen LogP contribution is 2.38. The van der Waals surface area contributed by atoms with Crippen molar-refractivity contribution in [3.8, 4) is 11.3 Å². The molecule has 1 saturated carbocycles. The lowest BCUT2D eigenvalue weighted by Crippen LogP contribution is -2.39. The Kier molecular flexibility index (Phi) is 6.98. The second kappa shape index (κ2) is 9.69. The van der Waals surface area contributed by atoms with Gasteiger partial charge < -0.3 is 9.52 Å². The molecule has 0 bridgehead atoms. The predicted octanol–water partition coefficient (Wildman–Crippen LogP) is 6.06. The molecule has 2 heterocycles. The quantitative estimate of drug-likeness (QED) is 0.418. The summed E-state index contributed by atoms with van der Waals surface area (Å²) in [5.41, 5.74) is 1.89. The molecule has 30 heavy (non-hydrogen) atoms. The lowest BCUT2D eigenvalue weighted by molar-refractivity contribution is -0.124. The monoisotopic (exact) mass is 461 g/mol. The fourth-order valence-corrected chi connectivity index (χ4v) is 5.54. The van der Waals surface area contributed by atoms with E-state index in [-0.39, 0.29) is 18.6 Å². The Morgan fingerprint density at radius 1 is 1.23 bits per heavy atom. The molecule has 1 aliphatic carbocycles. The normalized spacial score (nSPS) is 19.3. The van der Waals surface area contributed by atoms with E-state index in [0.29, 0.717) is 38.6 Å². The van der Waals surface area contributed by atoms with E-state index in [1.54, 1.807) is 4.90 Å². The number of furan rings is 1. The SMILES string of the molecule is O=C1/C(=C/c2oc(-c3ccc(Cl)cc3)cc2CCCO)SC(=S)N1C1CCCCC1. The van der Waals surface area contributed by atoms with Gasteiger partial charge in [-0.25, -0.2) is 0 Å². The van der Waals surface area contributed by atoms with E-state index in [0.717, 1.165) is 36.8 Å². The molecule has 4 rings (SSSR count). The highest BCUT2D eigenvalue weighted by molar-refractivity contribution is 8.26. The lowest BCUT2D eigenvalue weighted by atomic mass is 9.94. The van der Waals surface area contributed by atoms with Crippen LogP contribution >= 0.6 is 35.6 Å². The first-order chi connectivity index (χ1) is 14.6. The van der Waals surface area contributed by atoms with Crippen LogP contribution in [0.25, 0.3) is 17.4 Å². The number of aryl methyl sites for hydroxylation is 1. The zero-order valence-electron chi connectivity index (χ0n) is 16.6. The molecule has 0 unspecified atom stereocenters. The highest BCUT2D eigenvalue weighted by atomic mass is 35.5. The molecule has 158 valence electrons. The van der Waals surface area contributed by atoms with E-state index in [4.69, 9.17) is 28.2 Å². The summed E-state index contributed by atoms with van der Waals surface area (Å²) in [7, 11) is 0. The largest absolute Gasteiger partial charge is 0.456 e. The van der Waals surface area contributed by atoms with Crippen molar-refractivity contribution in [1.82, 2.24) is 4.90 Å². The summed E-state index contributed by atoms with van der Waals surface area (Å²) in [5, 5.41) is 9.93. The topological polar surface area (TPSA) is 53.7 Å². The summed E-state index contributed by atoms with van der Waals surface area (Å²) < 4.78 is 6.77. The third-order valence-electron chi connectivity index (χ3n) is 5.60. The number of amides is 1. The molecular weight excluding hydrogens is 438 g/mol. The Balaban J connectivity index is 1.63. The third kappa shape index (κ3) is 4.67. The van der Waals surface area contributed by atoms with E-state index in [1.165, 1.54) is 18.2 Å². The number of nitrogens with zero attached hydrogens (tertiary/aromatic N) is 1. The average molecular weight is 462 g/mol. The number of hydrogen-bond acceptors (Lipinski definition) is 5. The number of rotatable bonds is 6. The summed E-state index contributed by atoms with van der Waals surface area (Å²) in [4.78, 5) is 15.5. The Bertz CT molecular complexity index is 961. The molecule has 1 aromatic carbocycles. The second-order valence-corrected chi connectivity index (χ2v) is 9.79. The average Bonchev–Trinajstić information content (AvgIpc) is 3.28. The molecule has 4 nitrogen and oxygen atoms in total. The van der Waals surface area contributed by atoms with Crippen LogP contribution in [0.5, 0.6) is 0 Å². The number of carbonyl (C=O) groups excluding carboxylic acids is 1. The zero-order chi connectivity index (χ0) is 21.1. The van der Waals surface area contributed by atoms with Gasteiger partial charge in [0, 0.05) is 29.3 Å². The molecule has 1 N–H and O–H groups in total. The van der Waals surface area contributed by atoms with Crippen molar-refractivity contribution in [1.29, 1.82) is 0 Å². The van der Waals surface area contributed by atoms with Crippen LogP contribution in [0.3, 0.4) is 0 Å². The molecule has 1 aliphatic heterocycles. The van der Waals surface area contributed by atoms with E-state index < -0.39 is 0 Å². The standard InChI is InChI=1S/C23H24ClNO3S2/c24-17-10-8-15(9-11-17)19-13-16(5-4-12-26)20(28-19)14-21-22(27)25(23(29)30-21)18-6-2-1-3-7-18/h8-11,13-14,18,26H,1-7,12H2/b21-14-. The van der Waals surface area contributed by atoms with Crippen LogP contribution in [0, 0.1) is 0 Å². The van der Waals surface area contributed by atoms with Crippen molar-refractivity contribution in [2.24, 2.45) is 0 Å². The molecule has 2 fully saturated rings. The van der Waals surface area contributed by atoms with Crippen molar-refractivity contribution >= 4 is 51.9 Å². The Morgan fingerprint density at radius 3 is 2.67 bits per heavy atom. The van der Waals surface area contributed by atoms with Gasteiger partial charge in [-0.3, -0.25) is 9.69 Å².